The number of alkyl halides is 2. The molecular weight excluding hydrogens is 238 g/mol. The predicted octanol–water partition coefficient (Wildman–Crippen LogP) is 2.77. The first kappa shape index (κ1) is 13.0. The van der Waals surface area contributed by atoms with E-state index in [1.807, 2.05) is 12.1 Å². The number of para-hydroxylation sites is 1. The van der Waals surface area contributed by atoms with Crippen LogP contribution in [0.2, 0.25) is 0 Å². The van der Waals surface area contributed by atoms with Gasteiger partial charge in [-0.3, -0.25) is 4.57 Å². The Kier molecular flexibility index (Phi) is 4.28. The molecule has 18 heavy (non-hydrogen) atoms. The van der Waals surface area contributed by atoms with Crippen molar-refractivity contribution >= 4 is 10.9 Å². The van der Waals surface area contributed by atoms with Crippen LogP contribution in [-0.4, -0.2) is 24.8 Å². The maximum absolute atomic E-state index is 12.9. The van der Waals surface area contributed by atoms with Gasteiger partial charge in [0.2, 0.25) is 0 Å². The van der Waals surface area contributed by atoms with Crippen molar-refractivity contribution in [3.8, 4) is 0 Å². The molecule has 2 rings (SSSR count). The van der Waals surface area contributed by atoms with Crippen LogP contribution in [0, 0.1) is 0 Å². The molecule has 0 bridgehead atoms. The minimum absolute atomic E-state index is 0.559. The Morgan fingerprint density at radius 2 is 2.11 bits per heavy atom. The van der Waals surface area contributed by atoms with Crippen molar-refractivity contribution in [1.29, 1.82) is 0 Å². The molecule has 0 amide bonds. The fourth-order valence-corrected chi connectivity index (χ4v) is 1.98. The third-order valence-corrected chi connectivity index (χ3v) is 2.83. The van der Waals surface area contributed by atoms with Gasteiger partial charge in [-0.1, -0.05) is 18.2 Å². The lowest BCUT2D eigenvalue weighted by Gasteiger charge is -2.02. The fraction of sp³-hybridized carbons (Fsp3) is 0.385. The molecule has 0 radical (unpaired) electrons. The quantitative estimate of drug-likeness (QED) is 0.802. The first-order valence-electron chi connectivity index (χ1n) is 5.80. The summed E-state index contributed by atoms with van der Waals surface area (Å²) in [5.74, 6) is 0. The Balaban J connectivity index is 2.22. The Bertz CT molecular complexity index is 511. The van der Waals surface area contributed by atoms with Gasteiger partial charge < -0.3 is 10.1 Å². The molecule has 0 saturated carbocycles. The Hall–Kier alpha value is -1.46. The molecule has 0 aliphatic rings. The largest absolute Gasteiger partial charge is 0.383 e. The highest BCUT2D eigenvalue weighted by atomic mass is 19.3. The van der Waals surface area contributed by atoms with Gasteiger partial charge in [-0.2, -0.15) is 8.78 Å². The van der Waals surface area contributed by atoms with E-state index in [0.717, 1.165) is 15.5 Å². The first-order valence-corrected chi connectivity index (χ1v) is 5.80. The highest BCUT2D eigenvalue weighted by Crippen LogP contribution is 2.25. The summed E-state index contributed by atoms with van der Waals surface area (Å²) < 4.78 is 31.7. The van der Waals surface area contributed by atoms with Crippen LogP contribution >= 0.6 is 0 Å². The highest BCUT2D eigenvalue weighted by Gasteiger charge is 2.13. The molecule has 98 valence electrons. The average Bonchev–Trinajstić information content (AvgIpc) is 2.74. The van der Waals surface area contributed by atoms with Crippen molar-refractivity contribution in [2.24, 2.45) is 0 Å². The van der Waals surface area contributed by atoms with E-state index >= 15 is 0 Å². The van der Waals surface area contributed by atoms with Gasteiger partial charge >= 0.3 is 6.55 Å². The van der Waals surface area contributed by atoms with Crippen molar-refractivity contribution in [1.82, 2.24) is 9.88 Å². The maximum atomic E-state index is 12.9. The summed E-state index contributed by atoms with van der Waals surface area (Å²) in [7, 11) is 1.63. The molecule has 1 aromatic carbocycles. The molecule has 0 aliphatic carbocycles. The summed E-state index contributed by atoms with van der Waals surface area (Å²) >= 11 is 0. The smallest absolute Gasteiger partial charge is 0.319 e. The number of aromatic nitrogens is 1. The number of benzene rings is 1. The molecular formula is C13H16F2N2O. The first-order chi connectivity index (χ1) is 8.74. The van der Waals surface area contributed by atoms with Crippen molar-refractivity contribution in [2.45, 2.75) is 13.1 Å². The number of hydrogen-bond donors (Lipinski definition) is 1. The summed E-state index contributed by atoms with van der Waals surface area (Å²) in [5.41, 5.74) is 1.44. The monoisotopic (exact) mass is 254 g/mol. The lowest BCUT2D eigenvalue weighted by molar-refractivity contribution is 0.0750. The molecule has 0 atom stereocenters. The highest BCUT2D eigenvalue weighted by molar-refractivity contribution is 5.84. The molecule has 0 unspecified atom stereocenters. The van der Waals surface area contributed by atoms with Crippen LogP contribution in [0.3, 0.4) is 0 Å². The van der Waals surface area contributed by atoms with Crippen LogP contribution in [0.5, 0.6) is 0 Å². The topological polar surface area (TPSA) is 26.2 Å². The molecule has 1 aromatic heterocycles. The molecule has 1 heterocycles. The van der Waals surface area contributed by atoms with Crippen LogP contribution in [0.1, 0.15) is 12.1 Å². The van der Waals surface area contributed by atoms with E-state index < -0.39 is 6.55 Å². The molecule has 3 nitrogen and oxygen atoms in total. The van der Waals surface area contributed by atoms with E-state index in [9.17, 15) is 8.78 Å². The molecule has 2 aromatic rings. The number of nitrogens with one attached hydrogen (secondary N) is 1. The van der Waals surface area contributed by atoms with Crippen molar-refractivity contribution in [3.63, 3.8) is 0 Å². The zero-order chi connectivity index (χ0) is 13.0. The van der Waals surface area contributed by atoms with Crippen LogP contribution in [-0.2, 0) is 11.3 Å². The van der Waals surface area contributed by atoms with Crippen LogP contribution in [0.15, 0.2) is 30.5 Å². The number of fused-ring (bicyclic) bond motifs is 1. The van der Waals surface area contributed by atoms with Crippen molar-refractivity contribution in [3.05, 3.63) is 36.0 Å². The summed E-state index contributed by atoms with van der Waals surface area (Å²) in [5, 5.41) is 4.03. The number of ether oxygens (including phenoxy) is 1. The fourth-order valence-electron chi connectivity index (χ4n) is 1.98. The summed E-state index contributed by atoms with van der Waals surface area (Å²) in [6, 6.07) is 7.20. The Morgan fingerprint density at radius 1 is 1.33 bits per heavy atom. The number of rotatable bonds is 6. The molecule has 0 spiro atoms. The summed E-state index contributed by atoms with van der Waals surface area (Å²) in [6.45, 7) is -0.649. The van der Waals surface area contributed by atoms with Gasteiger partial charge in [-0.15, -0.1) is 0 Å². The van der Waals surface area contributed by atoms with E-state index in [0.29, 0.717) is 25.2 Å². The molecule has 5 heteroatoms. The minimum atomic E-state index is -2.51. The van der Waals surface area contributed by atoms with Gasteiger partial charge in [0.1, 0.15) is 0 Å². The standard InChI is InChI=1S/C13H16F2N2O/c1-18-7-6-16-8-10-9-17(13(14)15)12-5-3-2-4-11(10)12/h2-5,9,13,16H,6-8H2,1H3. The Morgan fingerprint density at radius 3 is 2.83 bits per heavy atom. The normalized spacial score (nSPS) is 11.6. The molecule has 0 fully saturated rings. The average molecular weight is 254 g/mol. The van der Waals surface area contributed by atoms with E-state index in [2.05, 4.69) is 5.32 Å². The minimum Gasteiger partial charge on any atom is -0.383 e. The van der Waals surface area contributed by atoms with E-state index in [1.165, 1.54) is 6.20 Å². The second kappa shape index (κ2) is 5.93. The van der Waals surface area contributed by atoms with Gasteiger partial charge in [0.05, 0.1) is 12.1 Å². The van der Waals surface area contributed by atoms with Gasteiger partial charge in [0.25, 0.3) is 0 Å². The zero-order valence-electron chi connectivity index (χ0n) is 10.2. The number of hydrogen-bond acceptors (Lipinski definition) is 2. The van der Waals surface area contributed by atoms with Gasteiger partial charge in [0, 0.05) is 31.8 Å². The third-order valence-electron chi connectivity index (χ3n) is 2.83. The molecule has 1 N–H and O–H groups in total. The number of nitrogens with zero attached hydrogens (tertiary/aromatic N) is 1. The lowest BCUT2D eigenvalue weighted by atomic mass is 10.2. The predicted molar refractivity (Wildman–Crippen MR) is 66.8 cm³/mol. The molecule has 0 aliphatic heterocycles. The number of halogens is 2. The van der Waals surface area contributed by atoms with Crippen molar-refractivity contribution < 1.29 is 13.5 Å². The van der Waals surface area contributed by atoms with Gasteiger partial charge in [-0.05, 0) is 11.6 Å². The Labute approximate surface area is 104 Å². The van der Waals surface area contributed by atoms with Crippen LogP contribution < -0.4 is 5.32 Å². The summed E-state index contributed by atoms with van der Waals surface area (Å²) in [4.78, 5) is 0. The second-order valence-corrected chi connectivity index (χ2v) is 4.03. The van der Waals surface area contributed by atoms with E-state index in [4.69, 9.17) is 4.74 Å². The van der Waals surface area contributed by atoms with Gasteiger partial charge in [0.15, 0.2) is 0 Å². The summed E-state index contributed by atoms with van der Waals surface area (Å²) in [6.07, 6.45) is 1.51. The van der Waals surface area contributed by atoms with Crippen molar-refractivity contribution in [2.75, 3.05) is 20.3 Å². The maximum Gasteiger partial charge on any atom is 0.319 e. The van der Waals surface area contributed by atoms with Gasteiger partial charge in [-0.25, -0.2) is 0 Å². The third kappa shape index (κ3) is 2.68. The number of methoxy groups -OCH3 is 1. The second-order valence-electron chi connectivity index (χ2n) is 4.03. The van der Waals surface area contributed by atoms with Crippen LogP contribution in [0.25, 0.3) is 10.9 Å². The lowest BCUT2D eigenvalue weighted by Crippen LogP contribution is -2.18. The SMILES string of the molecule is COCCNCc1cn(C(F)F)c2ccccc12. The van der Waals surface area contributed by atoms with Crippen LogP contribution in [0.4, 0.5) is 8.78 Å². The van der Waals surface area contributed by atoms with E-state index in [1.54, 1.807) is 19.2 Å². The van der Waals surface area contributed by atoms with E-state index in [-0.39, 0.29) is 0 Å². The molecule has 0 saturated heterocycles. The zero-order valence-corrected chi connectivity index (χ0v) is 10.2.